The van der Waals surface area contributed by atoms with Gasteiger partial charge in [-0.1, -0.05) is 31.0 Å². The van der Waals surface area contributed by atoms with Gasteiger partial charge in [0.2, 0.25) is 0 Å². The molecule has 4 rings (SSSR count). The zero-order chi connectivity index (χ0) is 21.1. The van der Waals surface area contributed by atoms with Crippen LogP contribution in [0.3, 0.4) is 0 Å². The molecule has 2 aromatic heterocycles. The van der Waals surface area contributed by atoms with Gasteiger partial charge in [0.15, 0.2) is 0 Å². The zero-order valence-corrected chi connectivity index (χ0v) is 18.3. The second kappa shape index (κ2) is 9.00. The van der Waals surface area contributed by atoms with Crippen LogP contribution in [0.5, 0.6) is 0 Å². The summed E-state index contributed by atoms with van der Waals surface area (Å²) in [5.74, 6) is 0.930. The van der Waals surface area contributed by atoms with Crippen molar-refractivity contribution >= 4 is 17.5 Å². The van der Waals surface area contributed by atoms with Crippen molar-refractivity contribution < 1.29 is 4.79 Å². The van der Waals surface area contributed by atoms with E-state index in [9.17, 15) is 4.79 Å². The molecule has 0 radical (unpaired) electrons. The maximum Gasteiger partial charge on any atom is 0.253 e. The number of aromatic nitrogens is 3. The molecular formula is C24H27ClN4O. The van der Waals surface area contributed by atoms with E-state index in [1.165, 1.54) is 6.42 Å². The van der Waals surface area contributed by atoms with Crippen molar-refractivity contribution in [3.05, 3.63) is 59.0 Å². The Morgan fingerprint density at radius 3 is 2.67 bits per heavy atom. The summed E-state index contributed by atoms with van der Waals surface area (Å²) in [5, 5.41) is 0.545. The molecular weight excluding hydrogens is 396 g/mol. The molecule has 1 aliphatic rings. The van der Waals surface area contributed by atoms with Crippen LogP contribution in [-0.4, -0.2) is 38.4 Å². The number of hydrogen-bond acceptors (Lipinski definition) is 3. The molecule has 0 bridgehead atoms. The summed E-state index contributed by atoms with van der Waals surface area (Å²) >= 11 is 6.59. The number of halogens is 1. The van der Waals surface area contributed by atoms with Crippen molar-refractivity contribution in [1.29, 1.82) is 0 Å². The van der Waals surface area contributed by atoms with E-state index < -0.39 is 0 Å². The number of likely N-dealkylation sites (tertiary alicyclic amines) is 1. The van der Waals surface area contributed by atoms with Crippen molar-refractivity contribution in [1.82, 2.24) is 19.4 Å². The van der Waals surface area contributed by atoms with Gasteiger partial charge >= 0.3 is 0 Å². The first-order chi connectivity index (χ1) is 14.6. The number of carbonyl (C=O) groups is 1. The summed E-state index contributed by atoms with van der Waals surface area (Å²) in [6.07, 6.45) is 9.16. The highest BCUT2D eigenvalue weighted by Crippen LogP contribution is 2.31. The molecule has 0 unspecified atom stereocenters. The van der Waals surface area contributed by atoms with E-state index in [1.54, 1.807) is 6.07 Å². The van der Waals surface area contributed by atoms with Gasteiger partial charge in [0, 0.05) is 54.9 Å². The number of piperidine rings is 1. The standard InChI is InChI=1S/C24H27ClN4O/c1-3-7-19-14-17(10-11-26-19)23-27-22(16-28(23)2)20-9-8-18(15-21(20)25)24(30)29-12-5-4-6-13-29/h8-11,14-16H,3-7,12-13H2,1-2H3. The van der Waals surface area contributed by atoms with Crippen LogP contribution < -0.4 is 0 Å². The number of aryl methyl sites for hydroxylation is 2. The molecule has 3 heterocycles. The molecule has 1 saturated heterocycles. The van der Waals surface area contributed by atoms with Gasteiger partial charge in [-0.3, -0.25) is 9.78 Å². The van der Waals surface area contributed by atoms with Gasteiger partial charge in [-0.25, -0.2) is 4.98 Å². The minimum Gasteiger partial charge on any atom is -0.339 e. The Morgan fingerprint density at radius 2 is 1.93 bits per heavy atom. The number of nitrogens with zero attached hydrogens (tertiary/aromatic N) is 4. The lowest BCUT2D eigenvalue weighted by atomic mass is 10.1. The topological polar surface area (TPSA) is 51.0 Å². The molecule has 0 saturated carbocycles. The largest absolute Gasteiger partial charge is 0.339 e. The summed E-state index contributed by atoms with van der Waals surface area (Å²) in [7, 11) is 1.98. The summed E-state index contributed by atoms with van der Waals surface area (Å²) in [6, 6.07) is 9.61. The SMILES string of the molecule is CCCc1cc(-c2nc(-c3ccc(C(=O)N4CCCCC4)cc3Cl)cn2C)ccn1. The monoisotopic (exact) mass is 422 g/mol. The van der Waals surface area contributed by atoms with Crippen LogP contribution in [0.25, 0.3) is 22.6 Å². The summed E-state index contributed by atoms with van der Waals surface area (Å²) < 4.78 is 2.00. The lowest BCUT2D eigenvalue weighted by molar-refractivity contribution is 0.0724. The van der Waals surface area contributed by atoms with Gasteiger partial charge in [-0.15, -0.1) is 0 Å². The van der Waals surface area contributed by atoms with Crippen molar-refractivity contribution in [2.24, 2.45) is 7.05 Å². The predicted octanol–water partition coefficient (Wildman–Crippen LogP) is 5.38. The maximum absolute atomic E-state index is 12.8. The van der Waals surface area contributed by atoms with E-state index >= 15 is 0 Å². The first-order valence-electron chi connectivity index (χ1n) is 10.6. The van der Waals surface area contributed by atoms with Crippen molar-refractivity contribution in [2.45, 2.75) is 39.0 Å². The van der Waals surface area contributed by atoms with Crippen LogP contribution in [0.2, 0.25) is 5.02 Å². The third-order valence-corrected chi connectivity index (χ3v) is 5.91. The molecule has 0 spiro atoms. The van der Waals surface area contributed by atoms with Gasteiger partial charge in [-0.2, -0.15) is 0 Å². The smallest absolute Gasteiger partial charge is 0.253 e. The van der Waals surface area contributed by atoms with Crippen LogP contribution in [0, 0.1) is 0 Å². The third-order valence-electron chi connectivity index (χ3n) is 5.59. The first-order valence-corrected chi connectivity index (χ1v) is 11.0. The molecule has 156 valence electrons. The highest BCUT2D eigenvalue weighted by molar-refractivity contribution is 6.33. The third kappa shape index (κ3) is 4.26. The molecule has 30 heavy (non-hydrogen) atoms. The van der Waals surface area contributed by atoms with Gasteiger partial charge in [0.1, 0.15) is 5.82 Å². The summed E-state index contributed by atoms with van der Waals surface area (Å²) in [6.45, 7) is 3.80. The van der Waals surface area contributed by atoms with E-state index in [0.717, 1.165) is 67.1 Å². The lowest BCUT2D eigenvalue weighted by Gasteiger charge is -2.26. The number of rotatable bonds is 5. The van der Waals surface area contributed by atoms with E-state index in [0.29, 0.717) is 10.6 Å². The summed E-state index contributed by atoms with van der Waals surface area (Å²) in [4.78, 5) is 24.0. The van der Waals surface area contributed by atoms with Gasteiger partial charge in [0.25, 0.3) is 5.91 Å². The van der Waals surface area contributed by atoms with Crippen molar-refractivity contribution in [3.63, 3.8) is 0 Å². The predicted molar refractivity (Wildman–Crippen MR) is 121 cm³/mol. The fourth-order valence-corrected chi connectivity index (χ4v) is 4.29. The Bertz CT molecular complexity index is 1050. The molecule has 6 heteroatoms. The Morgan fingerprint density at radius 1 is 1.13 bits per heavy atom. The fourth-order valence-electron chi connectivity index (χ4n) is 4.01. The molecule has 1 amide bonds. The van der Waals surface area contributed by atoms with Crippen LogP contribution in [0.4, 0.5) is 0 Å². The number of carbonyl (C=O) groups excluding carboxylic acids is 1. The average Bonchev–Trinajstić information content (AvgIpc) is 3.15. The normalized spacial score (nSPS) is 14.2. The average molecular weight is 423 g/mol. The zero-order valence-electron chi connectivity index (χ0n) is 17.6. The second-order valence-electron chi connectivity index (χ2n) is 7.89. The Hall–Kier alpha value is -2.66. The molecule has 1 aliphatic heterocycles. The van der Waals surface area contributed by atoms with Crippen molar-refractivity contribution in [3.8, 4) is 22.6 Å². The number of hydrogen-bond donors (Lipinski definition) is 0. The van der Waals surface area contributed by atoms with Crippen molar-refractivity contribution in [2.75, 3.05) is 13.1 Å². The second-order valence-corrected chi connectivity index (χ2v) is 8.30. The first kappa shape index (κ1) is 20.6. The van der Waals surface area contributed by atoms with Gasteiger partial charge < -0.3 is 9.47 Å². The molecule has 3 aromatic rings. The molecule has 0 N–H and O–H groups in total. The molecule has 1 fully saturated rings. The Labute approximate surface area is 182 Å². The van der Waals surface area contributed by atoms with E-state index in [-0.39, 0.29) is 5.91 Å². The summed E-state index contributed by atoms with van der Waals surface area (Å²) in [5.41, 5.74) is 4.37. The van der Waals surface area contributed by atoms with Crippen LogP contribution >= 0.6 is 11.6 Å². The van der Waals surface area contributed by atoms with E-state index in [4.69, 9.17) is 16.6 Å². The molecule has 0 atom stereocenters. The van der Waals surface area contributed by atoms with E-state index in [1.807, 2.05) is 47.1 Å². The Balaban J connectivity index is 1.61. The van der Waals surface area contributed by atoms with Gasteiger partial charge in [-0.05, 0) is 49.9 Å². The molecule has 5 nitrogen and oxygen atoms in total. The Kier molecular flexibility index (Phi) is 6.18. The number of imidazole rings is 1. The lowest BCUT2D eigenvalue weighted by Crippen LogP contribution is -2.35. The minimum absolute atomic E-state index is 0.0603. The highest BCUT2D eigenvalue weighted by Gasteiger charge is 2.20. The minimum atomic E-state index is 0.0603. The molecule has 1 aromatic carbocycles. The number of pyridine rings is 1. The van der Waals surface area contributed by atoms with Gasteiger partial charge in [0.05, 0.1) is 10.7 Å². The fraction of sp³-hybridized carbons (Fsp3) is 0.375. The van der Waals surface area contributed by atoms with Crippen LogP contribution in [0.15, 0.2) is 42.7 Å². The highest BCUT2D eigenvalue weighted by atomic mass is 35.5. The van der Waals surface area contributed by atoms with E-state index in [2.05, 4.69) is 18.0 Å². The van der Waals surface area contributed by atoms with Crippen LogP contribution in [-0.2, 0) is 13.5 Å². The maximum atomic E-state index is 12.8. The number of amides is 1. The quantitative estimate of drug-likeness (QED) is 0.554. The number of benzene rings is 1. The van der Waals surface area contributed by atoms with Crippen LogP contribution in [0.1, 0.15) is 48.7 Å². The molecule has 0 aliphatic carbocycles.